The molecule has 0 N–H and O–H groups in total. The van der Waals surface area contributed by atoms with Crippen LogP contribution in [0.1, 0.15) is 11.3 Å². The van der Waals surface area contributed by atoms with Gasteiger partial charge < -0.3 is 0 Å². The normalized spacial score (nSPS) is 10.9. The van der Waals surface area contributed by atoms with Gasteiger partial charge in [-0.15, -0.1) is 0 Å². The van der Waals surface area contributed by atoms with Crippen molar-refractivity contribution in [1.29, 1.82) is 0 Å². The van der Waals surface area contributed by atoms with Crippen molar-refractivity contribution in [2.45, 2.75) is 6.92 Å². The van der Waals surface area contributed by atoms with E-state index in [4.69, 9.17) is 21.7 Å². The molecule has 0 saturated heterocycles. The zero-order valence-electron chi connectivity index (χ0n) is 16.6. The van der Waals surface area contributed by atoms with Gasteiger partial charge in [0.1, 0.15) is 5.69 Å². The van der Waals surface area contributed by atoms with Crippen molar-refractivity contribution >= 4 is 17.2 Å². The molecule has 0 aliphatic carbocycles. The fourth-order valence-corrected chi connectivity index (χ4v) is 3.29. The highest BCUT2D eigenvalue weighted by molar-refractivity contribution is 6.30. The molecule has 4 aromatic rings. The van der Waals surface area contributed by atoms with Crippen molar-refractivity contribution < 1.29 is 0 Å². The Balaban J connectivity index is 2.00. The molecule has 2 aromatic carbocycles. The molecule has 0 fully saturated rings. The van der Waals surface area contributed by atoms with Crippen molar-refractivity contribution in [3.63, 3.8) is 0 Å². The average Bonchev–Trinajstić information content (AvgIpc) is 3.07. The van der Waals surface area contributed by atoms with Crippen LogP contribution in [0.2, 0.25) is 5.02 Å². The maximum absolute atomic E-state index is 6.09. The minimum absolute atomic E-state index is 0.661. The summed E-state index contributed by atoms with van der Waals surface area (Å²) in [5.41, 5.74) is 6.36. The molecular formula is C24H21ClN4. The van der Waals surface area contributed by atoms with E-state index < -0.39 is 0 Å². The highest BCUT2D eigenvalue weighted by Gasteiger charge is 2.18. The van der Waals surface area contributed by atoms with Gasteiger partial charge in [-0.2, -0.15) is 5.10 Å². The average molecular weight is 401 g/mol. The van der Waals surface area contributed by atoms with Crippen LogP contribution >= 0.6 is 11.6 Å². The topological polar surface area (TPSA) is 33.4 Å². The van der Waals surface area contributed by atoms with E-state index in [1.165, 1.54) is 0 Å². The zero-order valence-corrected chi connectivity index (χ0v) is 17.4. The van der Waals surface area contributed by atoms with Crippen LogP contribution in [-0.2, 0) is 0 Å². The number of benzene rings is 2. The van der Waals surface area contributed by atoms with Gasteiger partial charge in [-0.25, -0.2) is 9.50 Å². The van der Waals surface area contributed by atoms with Crippen molar-refractivity contribution in [2.75, 3.05) is 20.6 Å². The van der Waals surface area contributed by atoms with E-state index >= 15 is 0 Å². The molecule has 2 aromatic heterocycles. The van der Waals surface area contributed by atoms with Crippen LogP contribution in [0.5, 0.6) is 0 Å². The van der Waals surface area contributed by atoms with Crippen LogP contribution in [0.15, 0.2) is 60.7 Å². The molecule has 0 aliphatic rings. The smallest absolute Gasteiger partial charge is 0.172 e. The van der Waals surface area contributed by atoms with Crippen molar-refractivity contribution in [3.8, 4) is 34.4 Å². The molecule has 0 saturated carbocycles. The summed E-state index contributed by atoms with van der Waals surface area (Å²) in [4.78, 5) is 6.82. The Morgan fingerprint density at radius 2 is 1.72 bits per heavy atom. The largest absolute Gasteiger partial charge is 0.299 e. The summed E-state index contributed by atoms with van der Waals surface area (Å²) in [6.45, 7) is 2.66. The molecule has 0 spiro atoms. The van der Waals surface area contributed by atoms with Crippen molar-refractivity contribution in [1.82, 2.24) is 19.5 Å². The summed E-state index contributed by atoms with van der Waals surface area (Å²) < 4.78 is 1.89. The van der Waals surface area contributed by atoms with Gasteiger partial charge in [0.05, 0.1) is 17.8 Å². The summed E-state index contributed by atoms with van der Waals surface area (Å²) in [5, 5.41) is 5.61. The number of aryl methyl sites for hydroxylation is 1. The molecule has 5 heteroatoms. The molecule has 0 atom stereocenters. The lowest BCUT2D eigenvalue weighted by atomic mass is 10.1. The molecule has 29 heavy (non-hydrogen) atoms. The SMILES string of the molecule is Cc1cc(-c2ccccc2)n2nc(-c3ccc(Cl)cc3)c(C#CCN(C)C)c2n1. The third kappa shape index (κ3) is 4.02. The van der Waals surface area contributed by atoms with Gasteiger partial charge in [0.25, 0.3) is 0 Å². The van der Waals surface area contributed by atoms with E-state index in [2.05, 4.69) is 30.0 Å². The Morgan fingerprint density at radius 1 is 1.00 bits per heavy atom. The van der Waals surface area contributed by atoms with Gasteiger partial charge in [-0.3, -0.25) is 4.90 Å². The number of aromatic nitrogens is 3. The van der Waals surface area contributed by atoms with Crippen LogP contribution in [0.4, 0.5) is 0 Å². The number of hydrogen-bond acceptors (Lipinski definition) is 3. The van der Waals surface area contributed by atoms with Crippen molar-refractivity contribution in [3.05, 3.63) is 76.9 Å². The standard InChI is InChI=1S/C24H21ClN4/c1-17-16-22(18-8-5-4-6-9-18)29-24(26-17)21(10-7-15-28(2)3)23(27-29)19-11-13-20(25)14-12-19/h4-6,8-9,11-14,16H,15H2,1-3H3. The second-order valence-corrected chi connectivity index (χ2v) is 7.59. The van der Waals surface area contributed by atoms with Gasteiger partial charge in [0.15, 0.2) is 5.65 Å². The Bertz CT molecular complexity index is 1210. The molecule has 0 radical (unpaired) electrons. The Hall–Kier alpha value is -3.13. The predicted octanol–water partition coefficient (Wildman–Crippen LogP) is 4.94. The first kappa shape index (κ1) is 19.2. The molecule has 4 nitrogen and oxygen atoms in total. The number of rotatable bonds is 3. The summed E-state index contributed by atoms with van der Waals surface area (Å²) in [7, 11) is 4.00. The van der Waals surface area contributed by atoms with Crippen LogP contribution in [0.25, 0.3) is 28.2 Å². The molecule has 0 amide bonds. The van der Waals surface area contributed by atoms with Gasteiger partial charge >= 0.3 is 0 Å². The first-order valence-corrected chi connectivity index (χ1v) is 9.76. The monoisotopic (exact) mass is 400 g/mol. The van der Waals surface area contributed by atoms with Crippen LogP contribution < -0.4 is 0 Å². The number of fused-ring (bicyclic) bond motifs is 1. The number of hydrogen-bond donors (Lipinski definition) is 0. The molecule has 0 bridgehead atoms. The first-order chi connectivity index (χ1) is 14.0. The zero-order chi connectivity index (χ0) is 20.4. The molecule has 4 rings (SSSR count). The van der Waals surface area contributed by atoms with E-state index in [0.29, 0.717) is 11.6 Å². The quantitative estimate of drug-likeness (QED) is 0.457. The summed E-state index contributed by atoms with van der Waals surface area (Å²) in [6.07, 6.45) is 0. The van der Waals surface area contributed by atoms with E-state index in [1.54, 1.807) is 0 Å². The summed E-state index contributed by atoms with van der Waals surface area (Å²) >= 11 is 6.09. The summed E-state index contributed by atoms with van der Waals surface area (Å²) in [5.74, 6) is 6.55. The highest BCUT2D eigenvalue weighted by atomic mass is 35.5. The van der Waals surface area contributed by atoms with Gasteiger partial charge in [-0.1, -0.05) is 65.9 Å². The van der Waals surface area contributed by atoms with Crippen molar-refractivity contribution in [2.24, 2.45) is 0 Å². The maximum atomic E-state index is 6.09. The van der Waals surface area contributed by atoms with E-state index in [0.717, 1.165) is 39.4 Å². The number of nitrogens with zero attached hydrogens (tertiary/aromatic N) is 4. The maximum Gasteiger partial charge on any atom is 0.172 e. The lowest BCUT2D eigenvalue weighted by molar-refractivity contribution is 0.464. The minimum atomic E-state index is 0.661. The third-order valence-corrected chi connectivity index (χ3v) is 4.76. The van der Waals surface area contributed by atoms with E-state index in [-0.39, 0.29) is 0 Å². The Morgan fingerprint density at radius 3 is 2.41 bits per heavy atom. The van der Waals surface area contributed by atoms with Gasteiger partial charge in [0.2, 0.25) is 0 Å². The lowest BCUT2D eigenvalue weighted by Crippen LogP contribution is -2.10. The van der Waals surface area contributed by atoms with Crippen LogP contribution in [0, 0.1) is 18.8 Å². The van der Waals surface area contributed by atoms with Gasteiger partial charge in [0, 0.05) is 21.8 Å². The Labute approximate surface area is 175 Å². The fraction of sp³-hybridized carbons (Fsp3) is 0.167. The molecular weight excluding hydrogens is 380 g/mol. The Kier molecular flexibility index (Phi) is 5.35. The van der Waals surface area contributed by atoms with Gasteiger partial charge in [-0.05, 0) is 39.2 Å². The minimum Gasteiger partial charge on any atom is -0.299 e. The third-order valence-electron chi connectivity index (χ3n) is 4.51. The predicted molar refractivity (Wildman–Crippen MR) is 119 cm³/mol. The van der Waals surface area contributed by atoms with E-state index in [1.807, 2.05) is 72.9 Å². The summed E-state index contributed by atoms with van der Waals surface area (Å²) in [6, 6.07) is 19.9. The second-order valence-electron chi connectivity index (χ2n) is 7.15. The molecule has 2 heterocycles. The van der Waals surface area contributed by atoms with Crippen LogP contribution in [0.3, 0.4) is 0 Å². The molecule has 144 valence electrons. The fourth-order valence-electron chi connectivity index (χ4n) is 3.16. The molecule has 0 aliphatic heterocycles. The lowest BCUT2D eigenvalue weighted by Gasteiger charge is -2.06. The van der Waals surface area contributed by atoms with E-state index in [9.17, 15) is 0 Å². The first-order valence-electron chi connectivity index (χ1n) is 9.38. The molecule has 0 unspecified atom stereocenters. The van der Waals surface area contributed by atoms with Crippen LogP contribution in [-0.4, -0.2) is 40.1 Å². The highest BCUT2D eigenvalue weighted by Crippen LogP contribution is 2.29. The second kappa shape index (κ2) is 8.08. The number of halogens is 1.